The minimum Gasteiger partial charge on any atom is -0.311 e. The van der Waals surface area contributed by atoms with Crippen LogP contribution in [0.5, 0.6) is 0 Å². The predicted octanol–water partition coefficient (Wildman–Crippen LogP) is 3.20. The third-order valence-corrected chi connectivity index (χ3v) is 4.73. The van der Waals surface area contributed by atoms with Crippen LogP contribution in [0.1, 0.15) is 6.92 Å². The molecule has 1 aliphatic heterocycles. The number of nitrogens with zero attached hydrogens (tertiary/aromatic N) is 4. The van der Waals surface area contributed by atoms with E-state index < -0.39 is 0 Å². The standard InChI is InChI=1S/C19H20ClN5/c1-14-13-24(11-10-22-14)25-19(16-2-4-17(20)5-3-16)18(12-23-25)15-6-8-21-9-7-15/h2-9,12,14,22H,10-11,13H2,1H3. The topological polar surface area (TPSA) is 46.0 Å². The zero-order valence-electron chi connectivity index (χ0n) is 14.1. The fourth-order valence-corrected chi connectivity index (χ4v) is 3.38. The zero-order valence-corrected chi connectivity index (χ0v) is 14.8. The summed E-state index contributed by atoms with van der Waals surface area (Å²) >= 11 is 6.09. The molecule has 4 rings (SSSR count). The molecule has 1 aromatic carbocycles. The van der Waals surface area contributed by atoms with E-state index >= 15 is 0 Å². The van der Waals surface area contributed by atoms with Crippen LogP contribution in [-0.2, 0) is 0 Å². The summed E-state index contributed by atoms with van der Waals surface area (Å²) < 4.78 is 0. The van der Waals surface area contributed by atoms with Crippen LogP contribution in [0.2, 0.25) is 5.02 Å². The summed E-state index contributed by atoms with van der Waals surface area (Å²) in [6.07, 6.45) is 5.56. The SMILES string of the molecule is CC1CN(n2ncc(-c3ccncc3)c2-c2ccc(Cl)cc2)CCN1. The van der Waals surface area contributed by atoms with Crippen molar-refractivity contribution in [2.75, 3.05) is 24.6 Å². The van der Waals surface area contributed by atoms with E-state index in [9.17, 15) is 0 Å². The largest absolute Gasteiger partial charge is 0.311 e. The number of aromatic nitrogens is 3. The van der Waals surface area contributed by atoms with Crippen molar-refractivity contribution in [1.29, 1.82) is 0 Å². The molecule has 1 fully saturated rings. The van der Waals surface area contributed by atoms with Crippen LogP contribution in [0.3, 0.4) is 0 Å². The molecule has 1 atom stereocenters. The van der Waals surface area contributed by atoms with E-state index in [1.54, 1.807) is 0 Å². The maximum Gasteiger partial charge on any atom is 0.0998 e. The van der Waals surface area contributed by atoms with Crippen molar-refractivity contribution >= 4 is 11.6 Å². The first-order chi connectivity index (χ1) is 12.2. The highest BCUT2D eigenvalue weighted by atomic mass is 35.5. The molecule has 0 bridgehead atoms. The lowest BCUT2D eigenvalue weighted by Gasteiger charge is -2.34. The van der Waals surface area contributed by atoms with Crippen LogP contribution in [0.4, 0.5) is 0 Å². The third-order valence-electron chi connectivity index (χ3n) is 4.48. The van der Waals surface area contributed by atoms with Crippen molar-refractivity contribution in [1.82, 2.24) is 20.2 Å². The van der Waals surface area contributed by atoms with E-state index in [0.29, 0.717) is 6.04 Å². The molecule has 6 heteroatoms. The molecular weight excluding hydrogens is 334 g/mol. The molecule has 1 saturated heterocycles. The molecular formula is C19H20ClN5. The van der Waals surface area contributed by atoms with Crippen LogP contribution in [0.15, 0.2) is 55.0 Å². The second-order valence-corrected chi connectivity index (χ2v) is 6.74. The van der Waals surface area contributed by atoms with Gasteiger partial charge in [0.25, 0.3) is 0 Å². The normalized spacial score (nSPS) is 17.7. The summed E-state index contributed by atoms with van der Waals surface area (Å²) in [5.74, 6) is 0. The molecule has 2 aromatic heterocycles. The Morgan fingerprint density at radius 2 is 1.84 bits per heavy atom. The van der Waals surface area contributed by atoms with E-state index in [2.05, 4.69) is 22.2 Å². The number of hydrogen-bond donors (Lipinski definition) is 1. The van der Waals surface area contributed by atoms with Gasteiger partial charge in [0.1, 0.15) is 0 Å². The highest BCUT2D eigenvalue weighted by Gasteiger charge is 2.22. The summed E-state index contributed by atoms with van der Waals surface area (Å²) in [5.41, 5.74) is 4.38. The van der Waals surface area contributed by atoms with Crippen LogP contribution in [0, 0.1) is 0 Å². The van der Waals surface area contributed by atoms with Crippen molar-refractivity contribution in [2.45, 2.75) is 13.0 Å². The lowest BCUT2D eigenvalue weighted by molar-refractivity contribution is 0.403. The van der Waals surface area contributed by atoms with Gasteiger partial charge in [-0.05, 0) is 36.8 Å². The third kappa shape index (κ3) is 3.25. The maximum absolute atomic E-state index is 6.09. The smallest absolute Gasteiger partial charge is 0.0998 e. The lowest BCUT2D eigenvalue weighted by atomic mass is 10.0. The molecule has 0 spiro atoms. The fraction of sp³-hybridized carbons (Fsp3) is 0.263. The summed E-state index contributed by atoms with van der Waals surface area (Å²) in [7, 11) is 0. The van der Waals surface area contributed by atoms with Crippen molar-refractivity contribution in [3.63, 3.8) is 0 Å². The van der Waals surface area contributed by atoms with Crippen LogP contribution in [0.25, 0.3) is 22.4 Å². The van der Waals surface area contributed by atoms with Gasteiger partial charge in [0.15, 0.2) is 0 Å². The molecule has 0 saturated carbocycles. The van der Waals surface area contributed by atoms with E-state index in [4.69, 9.17) is 16.7 Å². The molecule has 25 heavy (non-hydrogen) atoms. The van der Waals surface area contributed by atoms with Gasteiger partial charge in [-0.1, -0.05) is 23.7 Å². The highest BCUT2D eigenvalue weighted by Crippen LogP contribution is 2.32. The van der Waals surface area contributed by atoms with E-state index in [1.165, 1.54) is 0 Å². The molecule has 1 aliphatic rings. The second kappa shape index (κ2) is 6.86. The molecule has 3 heterocycles. The van der Waals surface area contributed by atoms with Crippen molar-refractivity contribution in [3.05, 3.63) is 60.0 Å². The summed E-state index contributed by atoms with van der Waals surface area (Å²) in [5, 5.41) is 11.2. The Bertz CT molecular complexity index is 844. The van der Waals surface area contributed by atoms with Crippen LogP contribution < -0.4 is 10.3 Å². The zero-order chi connectivity index (χ0) is 17.2. The Hall–Kier alpha value is -2.37. The lowest BCUT2D eigenvalue weighted by Crippen LogP contribution is -2.54. The van der Waals surface area contributed by atoms with Crippen molar-refractivity contribution in [2.24, 2.45) is 0 Å². The van der Waals surface area contributed by atoms with Gasteiger partial charge in [0.2, 0.25) is 0 Å². The number of piperazine rings is 1. The number of pyridine rings is 1. The van der Waals surface area contributed by atoms with E-state index in [0.717, 1.165) is 47.0 Å². The molecule has 128 valence electrons. The van der Waals surface area contributed by atoms with Crippen molar-refractivity contribution in [3.8, 4) is 22.4 Å². The van der Waals surface area contributed by atoms with Gasteiger partial charge in [-0.15, -0.1) is 0 Å². The van der Waals surface area contributed by atoms with E-state index in [-0.39, 0.29) is 0 Å². The van der Waals surface area contributed by atoms with Gasteiger partial charge in [-0.3, -0.25) is 9.99 Å². The quantitative estimate of drug-likeness (QED) is 0.785. The van der Waals surface area contributed by atoms with Crippen molar-refractivity contribution < 1.29 is 0 Å². The molecule has 1 unspecified atom stereocenters. The first-order valence-electron chi connectivity index (χ1n) is 8.45. The van der Waals surface area contributed by atoms with Gasteiger partial charge in [-0.25, -0.2) is 0 Å². The predicted molar refractivity (Wildman–Crippen MR) is 101 cm³/mol. The first-order valence-corrected chi connectivity index (χ1v) is 8.83. The Morgan fingerprint density at radius 1 is 1.08 bits per heavy atom. The molecule has 5 nitrogen and oxygen atoms in total. The molecule has 0 radical (unpaired) electrons. The average molecular weight is 354 g/mol. The van der Waals surface area contributed by atoms with E-state index in [1.807, 2.05) is 59.8 Å². The van der Waals surface area contributed by atoms with Gasteiger partial charge < -0.3 is 5.32 Å². The Labute approximate surface area is 152 Å². The molecule has 3 aromatic rings. The Morgan fingerprint density at radius 3 is 2.56 bits per heavy atom. The Kier molecular flexibility index (Phi) is 4.42. The van der Waals surface area contributed by atoms with Gasteiger partial charge in [0.05, 0.1) is 18.4 Å². The summed E-state index contributed by atoms with van der Waals surface area (Å²) in [4.78, 5) is 6.17. The van der Waals surface area contributed by atoms with Gasteiger partial charge in [0, 0.05) is 47.7 Å². The van der Waals surface area contributed by atoms with Crippen LogP contribution >= 0.6 is 11.6 Å². The van der Waals surface area contributed by atoms with Crippen LogP contribution in [-0.4, -0.2) is 40.5 Å². The summed E-state index contributed by atoms with van der Waals surface area (Å²) in [6.45, 7) is 4.98. The highest BCUT2D eigenvalue weighted by molar-refractivity contribution is 6.30. The average Bonchev–Trinajstić information content (AvgIpc) is 3.08. The Balaban J connectivity index is 1.84. The van der Waals surface area contributed by atoms with Gasteiger partial charge >= 0.3 is 0 Å². The second-order valence-electron chi connectivity index (χ2n) is 6.31. The molecule has 1 N–H and O–H groups in total. The number of benzene rings is 1. The minimum absolute atomic E-state index is 0.431. The summed E-state index contributed by atoms with van der Waals surface area (Å²) in [6, 6.07) is 12.4. The molecule has 0 amide bonds. The molecule has 0 aliphatic carbocycles. The number of nitrogens with one attached hydrogen (secondary N) is 1. The number of rotatable bonds is 3. The number of hydrogen-bond acceptors (Lipinski definition) is 4. The van der Waals surface area contributed by atoms with Gasteiger partial charge in [-0.2, -0.15) is 9.89 Å². The fourth-order valence-electron chi connectivity index (χ4n) is 3.26. The maximum atomic E-state index is 6.09. The monoisotopic (exact) mass is 353 g/mol. The minimum atomic E-state index is 0.431. The first kappa shape index (κ1) is 16.1. The number of halogens is 1.